The summed E-state index contributed by atoms with van der Waals surface area (Å²) in [6.07, 6.45) is 0.0289. The molecule has 0 fully saturated rings. The van der Waals surface area contributed by atoms with E-state index in [1.807, 2.05) is 44.2 Å². The first kappa shape index (κ1) is 21.0. The summed E-state index contributed by atoms with van der Waals surface area (Å²) in [5.74, 6) is -0.378. The number of nitrogens with zero attached hydrogens (tertiary/aromatic N) is 1. The molecule has 6 nitrogen and oxygen atoms in total. The zero-order chi connectivity index (χ0) is 21.0. The highest BCUT2D eigenvalue weighted by molar-refractivity contribution is 7.93. The van der Waals surface area contributed by atoms with Gasteiger partial charge in [0.25, 0.3) is 10.0 Å². The Labute approximate surface area is 174 Å². The summed E-state index contributed by atoms with van der Waals surface area (Å²) in [6.45, 7) is 5.81. The van der Waals surface area contributed by atoms with Crippen LogP contribution in [0.1, 0.15) is 22.9 Å². The van der Waals surface area contributed by atoms with E-state index in [0.29, 0.717) is 10.6 Å². The van der Waals surface area contributed by atoms with Crippen molar-refractivity contribution in [3.63, 3.8) is 0 Å². The highest BCUT2D eigenvalue weighted by Crippen LogP contribution is 2.33. The molecule has 0 aliphatic heterocycles. The SMILES string of the molecule is CCOC(=O)Cc1sc(NS(=O)(=O)c2ccc(C)c(C)c2)nc1-c1ccccc1. The summed E-state index contributed by atoms with van der Waals surface area (Å²) in [5, 5.41) is 0.210. The van der Waals surface area contributed by atoms with Crippen molar-refractivity contribution in [3.05, 3.63) is 64.5 Å². The van der Waals surface area contributed by atoms with E-state index in [0.717, 1.165) is 28.0 Å². The largest absolute Gasteiger partial charge is 0.466 e. The summed E-state index contributed by atoms with van der Waals surface area (Å²) in [7, 11) is -3.80. The number of carbonyl (C=O) groups excluding carboxylic acids is 1. The number of carbonyl (C=O) groups is 1. The zero-order valence-electron chi connectivity index (χ0n) is 16.4. The van der Waals surface area contributed by atoms with Crippen molar-refractivity contribution in [2.75, 3.05) is 11.3 Å². The van der Waals surface area contributed by atoms with Crippen LogP contribution in [0.5, 0.6) is 0 Å². The first-order chi connectivity index (χ1) is 13.8. The number of esters is 1. The second-order valence-corrected chi connectivity index (χ2v) is 9.26. The number of ether oxygens (including phenoxy) is 1. The van der Waals surface area contributed by atoms with Crippen molar-refractivity contribution in [3.8, 4) is 11.3 Å². The van der Waals surface area contributed by atoms with E-state index in [-0.39, 0.29) is 29.0 Å². The van der Waals surface area contributed by atoms with Gasteiger partial charge in [0.05, 0.1) is 23.6 Å². The molecule has 1 aromatic heterocycles. The van der Waals surface area contributed by atoms with Gasteiger partial charge >= 0.3 is 5.97 Å². The minimum atomic E-state index is -3.80. The Morgan fingerprint density at radius 2 is 1.83 bits per heavy atom. The lowest BCUT2D eigenvalue weighted by Crippen LogP contribution is -2.13. The highest BCUT2D eigenvalue weighted by atomic mass is 32.2. The van der Waals surface area contributed by atoms with Gasteiger partial charge in [-0.1, -0.05) is 47.7 Å². The number of nitrogens with one attached hydrogen (secondary N) is 1. The smallest absolute Gasteiger partial charge is 0.311 e. The molecule has 0 amide bonds. The summed E-state index contributed by atoms with van der Waals surface area (Å²) in [4.78, 5) is 17.3. The van der Waals surface area contributed by atoms with Crippen molar-refractivity contribution in [2.45, 2.75) is 32.1 Å². The third-order valence-corrected chi connectivity index (χ3v) is 6.80. The molecule has 152 valence electrons. The fraction of sp³-hybridized carbons (Fsp3) is 0.238. The molecule has 8 heteroatoms. The normalized spacial score (nSPS) is 11.3. The molecule has 1 heterocycles. The van der Waals surface area contributed by atoms with Crippen molar-refractivity contribution in [2.24, 2.45) is 0 Å². The lowest BCUT2D eigenvalue weighted by atomic mass is 10.1. The van der Waals surface area contributed by atoms with Gasteiger partial charge in [-0.2, -0.15) is 0 Å². The van der Waals surface area contributed by atoms with Crippen molar-refractivity contribution in [1.29, 1.82) is 0 Å². The standard InChI is InChI=1S/C21H22N2O4S2/c1-4-27-19(24)13-18-20(16-8-6-5-7-9-16)22-21(28-18)23-29(25,26)17-11-10-14(2)15(3)12-17/h5-12H,4,13H2,1-3H3,(H,22,23). The van der Waals surface area contributed by atoms with Gasteiger partial charge in [-0.15, -0.1) is 0 Å². The predicted octanol–water partition coefficient (Wildman–Crippen LogP) is 4.33. The number of sulfonamides is 1. The molecule has 0 aliphatic carbocycles. The number of aromatic nitrogens is 1. The van der Waals surface area contributed by atoms with Crippen molar-refractivity contribution in [1.82, 2.24) is 4.98 Å². The Hall–Kier alpha value is -2.71. The number of anilines is 1. The second kappa shape index (κ2) is 8.75. The monoisotopic (exact) mass is 430 g/mol. The van der Waals surface area contributed by atoms with E-state index in [4.69, 9.17) is 4.74 Å². The average molecular weight is 431 g/mol. The number of rotatable bonds is 7. The Balaban J connectivity index is 1.96. The summed E-state index contributed by atoms with van der Waals surface area (Å²) in [5.41, 5.74) is 3.28. The Morgan fingerprint density at radius 3 is 2.48 bits per heavy atom. The molecule has 1 N–H and O–H groups in total. The maximum absolute atomic E-state index is 12.8. The molecule has 0 bridgehead atoms. The van der Waals surface area contributed by atoms with E-state index >= 15 is 0 Å². The van der Waals surface area contributed by atoms with Crippen LogP contribution in [0.2, 0.25) is 0 Å². The molecule has 0 radical (unpaired) electrons. The maximum atomic E-state index is 12.8. The topological polar surface area (TPSA) is 85.4 Å². The van der Waals surface area contributed by atoms with Crippen molar-refractivity contribution >= 4 is 32.5 Å². The summed E-state index contributed by atoms with van der Waals surface area (Å²) in [6, 6.07) is 14.3. The Bertz CT molecular complexity index is 1120. The zero-order valence-corrected chi connectivity index (χ0v) is 18.1. The molecule has 0 saturated heterocycles. The van der Waals surface area contributed by atoms with E-state index in [1.54, 1.807) is 25.1 Å². The number of thiazole rings is 1. The molecule has 3 aromatic rings. The quantitative estimate of drug-likeness (QED) is 0.564. The van der Waals surface area contributed by atoms with E-state index in [2.05, 4.69) is 9.71 Å². The number of hydrogen-bond acceptors (Lipinski definition) is 6. The maximum Gasteiger partial charge on any atom is 0.311 e. The van der Waals surface area contributed by atoms with Gasteiger partial charge in [0.1, 0.15) is 0 Å². The van der Waals surface area contributed by atoms with Gasteiger partial charge in [0, 0.05) is 10.4 Å². The Morgan fingerprint density at radius 1 is 1.10 bits per heavy atom. The third-order valence-electron chi connectivity index (χ3n) is 4.37. The molecule has 0 saturated carbocycles. The van der Waals surface area contributed by atoms with Gasteiger partial charge in [0.2, 0.25) is 0 Å². The molecule has 3 rings (SSSR count). The second-order valence-electron chi connectivity index (χ2n) is 6.49. The number of benzene rings is 2. The average Bonchev–Trinajstić information content (AvgIpc) is 3.06. The minimum absolute atomic E-state index is 0.0289. The summed E-state index contributed by atoms with van der Waals surface area (Å²) >= 11 is 1.14. The predicted molar refractivity (Wildman–Crippen MR) is 115 cm³/mol. The molecule has 2 aromatic carbocycles. The first-order valence-electron chi connectivity index (χ1n) is 9.11. The van der Waals surface area contributed by atoms with Crippen LogP contribution in [0.15, 0.2) is 53.4 Å². The van der Waals surface area contributed by atoms with Gasteiger partial charge in [-0.25, -0.2) is 13.4 Å². The van der Waals surface area contributed by atoms with Crippen molar-refractivity contribution < 1.29 is 17.9 Å². The Kier molecular flexibility index (Phi) is 6.34. The third kappa shape index (κ3) is 5.02. The van der Waals surface area contributed by atoms with E-state index in [1.165, 1.54) is 0 Å². The molecular formula is C21H22N2O4S2. The van der Waals surface area contributed by atoms with Crippen LogP contribution in [0, 0.1) is 13.8 Å². The molecule has 29 heavy (non-hydrogen) atoms. The molecular weight excluding hydrogens is 408 g/mol. The fourth-order valence-electron chi connectivity index (χ4n) is 2.73. The van der Waals surface area contributed by atoms with Crippen LogP contribution < -0.4 is 4.72 Å². The van der Waals surface area contributed by atoms with Crippen LogP contribution in [-0.4, -0.2) is 26.0 Å². The lowest BCUT2D eigenvalue weighted by Gasteiger charge is -2.07. The lowest BCUT2D eigenvalue weighted by molar-refractivity contribution is -0.142. The molecule has 0 atom stereocenters. The molecule has 0 spiro atoms. The molecule has 0 aliphatic rings. The van der Waals surface area contributed by atoms with E-state index < -0.39 is 10.0 Å². The number of aryl methyl sites for hydroxylation is 2. The first-order valence-corrected chi connectivity index (χ1v) is 11.4. The highest BCUT2D eigenvalue weighted by Gasteiger charge is 2.21. The van der Waals surface area contributed by atoms with Crippen LogP contribution >= 0.6 is 11.3 Å². The van der Waals surface area contributed by atoms with Gasteiger partial charge in [-0.05, 0) is 44.0 Å². The van der Waals surface area contributed by atoms with Crippen LogP contribution in [0.4, 0.5) is 5.13 Å². The summed E-state index contributed by atoms with van der Waals surface area (Å²) < 4.78 is 33.2. The molecule has 0 unspecified atom stereocenters. The van der Waals surface area contributed by atoms with Crippen LogP contribution in [-0.2, 0) is 26.0 Å². The van der Waals surface area contributed by atoms with Gasteiger partial charge in [0.15, 0.2) is 5.13 Å². The van der Waals surface area contributed by atoms with E-state index in [9.17, 15) is 13.2 Å². The van der Waals surface area contributed by atoms with Gasteiger partial charge < -0.3 is 4.74 Å². The fourth-order valence-corrected chi connectivity index (χ4v) is 5.02. The van der Waals surface area contributed by atoms with Gasteiger partial charge in [-0.3, -0.25) is 9.52 Å². The van der Waals surface area contributed by atoms with Crippen LogP contribution in [0.25, 0.3) is 11.3 Å². The number of hydrogen-bond donors (Lipinski definition) is 1. The van der Waals surface area contributed by atoms with Crippen LogP contribution in [0.3, 0.4) is 0 Å². The minimum Gasteiger partial charge on any atom is -0.466 e.